The zero-order valence-electron chi connectivity index (χ0n) is 18.0. The van der Waals surface area contributed by atoms with E-state index < -0.39 is 5.97 Å². The van der Waals surface area contributed by atoms with Crippen molar-refractivity contribution in [3.05, 3.63) is 23.9 Å². The topological polar surface area (TPSA) is 113 Å². The Morgan fingerprint density at radius 3 is 2.42 bits per heavy atom. The monoisotopic (exact) mass is 432 g/mol. The number of fused-ring (bicyclic) bond motifs is 1. The summed E-state index contributed by atoms with van der Waals surface area (Å²) >= 11 is 0. The number of benzene rings is 1. The number of hydrogen-bond donors (Lipinski definition) is 2. The van der Waals surface area contributed by atoms with E-state index in [1.165, 1.54) is 0 Å². The van der Waals surface area contributed by atoms with Gasteiger partial charge >= 0.3 is 12.1 Å². The number of aromatic nitrogens is 1. The molecule has 2 N–H and O–H groups in total. The lowest BCUT2D eigenvalue weighted by Gasteiger charge is -2.33. The molecule has 0 spiro atoms. The number of methoxy groups -OCH3 is 1. The van der Waals surface area contributed by atoms with Gasteiger partial charge in [0.15, 0.2) is 0 Å². The van der Waals surface area contributed by atoms with Crippen LogP contribution < -0.4 is 10.1 Å². The molecule has 31 heavy (non-hydrogen) atoms. The van der Waals surface area contributed by atoms with E-state index in [4.69, 9.17) is 14.2 Å². The Morgan fingerprint density at radius 1 is 1.06 bits per heavy atom. The molecule has 1 saturated heterocycles. The summed E-state index contributed by atoms with van der Waals surface area (Å²) in [7, 11) is 1.55. The van der Waals surface area contributed by atoms with Crippen molar-refractivity contribution in [2.75, 3.05) is 58.4 Å². The highest BCUT2D eigenvalue weighted by Gasteiger charge is 2.25. The molecule has 1 aliphatic rings. The minimum atomic E-state index is -0.545. The Hall–Kier alpha value is -3.27. The SMILES string of the molecule is CCOC(=O)c1[nH]c2ccc(OC)cc2c1NC(=O)CN1CCN(C(=O)OCC)CC1. The molecule has 168 valence electrons. The van der Waals surface area contributed by atoms with Gasteiger partial charge in [-0.15, -0.1) is 0 Å². The van der Waals surface area contributed by atoms with Crippen molar-refractivity contribution in [1.82, 2.24) is 14.8 Å². The normalized spacial score (nSPS) is 14.4. The molecule has 2 amide bonds. The number of H-pyrrole nitrogens is 1. The van der Waals surface area contributed by atoms with Crippen molar-refractivity contribution in [2.24, 2.45) is 0 Å². The number of nitrogens with one attached hydrogen (secondary N) is 2. The van der Waals surface area contributed by atoms with Gasteiger partial charge in [-0.25, -0.2) is 9.59 Å². The first-order chi connectivity index (χ1) is 15.0. The van der Waals surface area contributed by atoms with Crippen LogP contribution in [0.1, 0.15) is 24.3 Å². The number of carbonyl (C=O) groups excluding carboxylic acids is 3. The Balaban J connectivity index is 1.71. The largest absolute Gasteiger partial charge is 0.497 e. The van der Waals surface area contributed by atoms with E-state index in [-0.39, 0.29) is 30.8 Å². The number of aromatic amines is 1. The van der Waals surface area contributed by atoms with Crippen molar-refractivity contribution in [3.63, 3.8) is 0 Å². The standard InChI is InChI=1S/C21H28N4O6/c1-4-30-20(27)19-18(15-12-14(29-3)6-7-16(15)22-19)23-17(26)13-24-8-10-25(11-9-24)21(28)31-5-2/h6-7,12,22H,4-5,8-11,13H2,1-3H3,(H,23,26). The van der Waals surface area contributed by atoms with Crippen LogP contribution in [0.3, 0.4) is 0 Å². The zero-order valence-corrected chi connectivity index (χ0v) is 18.0. The van der Waals surface area contributed by atoms with Crippen LogP contribution in [0, 0.1) is 0 Å². The average molecular weight is 432 g/mol. The van der Waals surface area contributed by atoms with Crippen LogP contribution in [-0.4, -0.2) is 85.8 Å². The van der Waals surface area contributed by atoms with Crippen molar-refractivity contribution >= 4 is 34.6 Å². The van der Waals surface area contributed by atoms with E-state index >= 15 is 0 Å². The van der Waals surface area contributed by atoms with E-state index in [9.17, 15) is 14.4 Å². The number of hydrogen-bond acceptors (Lipinski definition) is 7. The summed E-state index contributed by atoms with van der Waals surface area (Å²) in [5, 5.41) is 3.51. The van der Waals surface area contributed by atoms with Gasteiger partial charge in [0.25, 0.3) is 0 Å². The molecule has 1 aromatic heterocycles. The van der Waals surface area contributed by atoms with Gasteiger partial charge in [-0.1, -0.05) is 0 Å². The fourth-order valence-corrected chi connectivity index (χ4v) is 3.47. The lowest BCUT2D eigenvalue weighted by molar-refractivity contribution is -0.117. The smallest absolute Gasteiger partial charge is 0.409 e. The summed E-state index contributed by atoms with van der Waals surface area (Å²) in [5.41, 5.74) is 1.23. The molecule has 0 bridgehead atoms. The van der Waals surface area contributed by atoms with Gasteiger partial charge in [0.1, 0.15) is 11.4 Å². The highest BCUT2D eigenvalue weighted by Crippen LogP contribution is 2.31. The molecule has 0 saturated carbocycles. The highest BCUT2D eigenvalue weighted by molar-refractivity contribution is 6.11. The molecule has 10 nitrogen and oxygen atoms in total. The van der Waals surface area contributed by atoms with Crippen LogP contribution >= 0.6 is 0 Å². The summed E-state index contributed by atoms with van der Waals surface area (Å²) in [4.78, 5) is 43.6. The average Bonchev–Trinajstić information content (AvgIpc) is 3.12. The van der Waals surface area contributed by atoms with Gasteiger partial charge in [-0.2, -0.15) is 0 Å². The minimum Gasteiger partial charge on any atom is -0.497 e. The molecule has 1 aliphatic heterocycles. The molecule has 2 heterocycles. The van der Waals surface area contributed by atoms with Crippen molar-refractivity contribution in [2.45, 2.75) is 13.8 Å². The maximum atomic E-state index is 12.8. The summed E-state index contributed by atoms with van der Waals surface area (Å²) in [6.07, 6.45) is -0.335. The minimum absolute atomic E-state index is 0.134. The summed E-state index contributed by atoms with van der Waals surface area (Å²) < 4.78 is 15.4. The second-order valence-corrected chi connectivity index (χ2v) is 7.02. The third kappa shape index (κ3) is 5.26. The van der Waals surface area contributed by atoms with Crippen LogP contribution in [0.4, 0.5) is 10.5 Å². The van der Waals surface area contributed by atoms with E-state index in [1.54, 1.807) is 44.1 Å². The molecule has 0 unspecified atom stereocenters. The quantitative estimate of drug-likeness (QED) is 0.644. The van der Waals surface area contributed by atoms with Crippen LogP contribution in [0.5, 0.6) is 5.75 Å². The van der Waals surface area contributed by atoms with Gasteiger partial charge in [0, 0.05) is 37.1 Å². The van der Waals surface area contributed by atoms with Gasteiger partial charge in [0.2, 0.25) is 5.91 Å². The van der Waals surface area contributed by atoms with Crippen LogP contribution in [-0.2, 0) is 14.3 Å². The van der Waals surface area contributed by atoms with Gasteiger partial charge in [-0.05, 0) is 32.0 Å². The van der Waals surface area contributed by atoms with Gasteiger partial charge < -0.3 is 29.4 Å². The second-order valence-electron chi connectivity index (χ2n) is 7.02. The third-order valence-corrected chi connectivity index (χ3v) is 5.02. The van der Waals surface area contributed by atoms with Crippen LogP contribution in [0.25, 0.3) is 10.9 Å². The van der Waals surface area contributed by atoms with Crippen molar-refractivity contribution in [3.8, 4) is 5.75 Å². The fourth-order valence-electron chi connectivity index (χ4n) is 3.47. The number of esters is 1. The highest BCUT2D eigenvalue weighted by atomic mass is 16.6. The molecule has 1 aromatic carbocycles. The molecule has 3 rings (SSSR count). The predicted octanol–water partition coefficient (Wildman–Crippen LogP) is 2.07. The molecule has 0 aliphatic carbocycles. The molecule has 2 aromatic rings. The van der Waals surface area contributed by atoms with E-state index in [0.717, 1.165) is 0 Å². The lowest BCUT2D eigenvalue weighted by atomic mass is 10.2. The number of piperazine rings is 1. The summed E-state index contributed by atoms with van der Waals surface area (Å²) in [6, 6.07) is 5.30. The Kier molecular flexibility index (Phi) is 7.35. The molecule has 0 atom stereocenters. The number of nitrogens with zero attached hydrogens (tertiary/aromatic N) is 2. The van der Waals surface area contributed by atoms with E-state index in [2.05, 4.69) is 10.3 Å². The fraction of sp³-hybridized carbons (Fsp3) is 0.476. The third-order valence-electron chi connectivity index (χ3n) is 5.02. The lowest BCUT2D eigenvalue weighted by Crippen LogP contribution is -2.50. The predicted molar refractivity (Wildman–Crippen MR) is 114 cm³/mol. The molecule has 0 radical (unpaired) electrons. The molecule has 10 heteroatoms. The van der Waals surface area contributed by atoms with E-state index in [0.29, 0.717) is 55.1 Å². The zero-order chi connectivity index (χ0) is 22.4. The van der Waals surface area contributed by atoms with Gasteiger partial charge in [0.05, 0.1) is 32.6 Å². The van der Waals surface area contributed by atoms with Crippen LogP contribution in [0.15, 0.2) is 18.2 Å². The number of amides is 2. The van der Waals surface area contributed by atoms with E-state index in [1.807, 2.05) is 4.90 Å². The van der Waals surface area contributed by atoms with Crippen LogP contribution in [0.2, 0.25) is 0 Å². The van der Waals surface area contributed by atoms with Gasteiger partial charge in [-0.3, -0.25) is 9.69 Å². The summed E-state index contributed by atoms with van der Waals surface area (Å²) in [6.45, 7) is 6.26. The molecular formula is C21H28N4O6. The first-order valence-corrected chi connectivity index (χ1v) is 10.3. The molecule has 1 fully saturated rings. The number of anilines is 1. The maximum absolute atomic E-state index is 12.8. The Morgan fingerprint density at radius 2 is 1.77 bits per heavy atom. The first kappa shape index (κ1) is 22.4. The van der Waals surface area contributed by atoms with Crippen molar-refractivity contribution in [1.29, 1.82) is 0 Å². The number of rotatable bonds is 7. The number of carbonyl (C=O) groups is 3. The maximum Gasteiger partial charge on any atom is 0.409 e. The Labute approximate surface area is 180 Å². The van der Waals surface area contributed by atoms with Crippen molar-refractivity contribution < 1.29 is 28.6 Å². The molecular weight excluding hydrogens is 404 g/mol. The summed E-state index contributed by atoms with van der Waals surface area (Å²) in [5.74, 6) is -0.206. The first-order valence-electron chi connectivity index (χ1n) is 10.3. The number of ether oxygens (including phenoxy) is 3. The Bertz CT molecular complexity index is 949. The second kappa shape index (κ2) is 10.2.